The fourth-order valence-electron chi connectivity index (χ4n) is 4.18. The summed E-state index contributed by atoms with van der Waals surface area (Å²) in [6, 6.07) is 0. The minimum absolute atomic E-state index is 0.127. The van der Waals surface area contributed by atoms with Gasteiger partial charge in [-0.1, -0.05) is 0 Å². The van der Waals surface area contributed by atoms with Gasteiger partial charge >= 0.3 is 17.9 Å². The molecule has 1 saturated heterocycles. The molecule has 0 aromatic carbocycles. The van der Waals surface area contributed by atoms with Crippen LogP contribution in [0.5, 0.6) is 0 Å². The molecule has 6 heteroatoms. The topological polar surface area (TPSA) is 97.7 Å². The van der Waals surface area contributed by atoms with E-state index in [-0.39, 0.29) is 6.42 Å². The van der Waals surface area contributed by atoms with Gasteiger partial charge in [0.1, 0.15) is 6.29 Å². The predicted molar refractivity (Wildman–Crippen MR) is 55.0 cm³/mol. The van der Waals surface area contributed by atoms with Gasteiger partial charge in [-0.15, -0.1) is 0 Å². The van der Waals surface area contributed by atoms with Crippen molar-refractivity contribution < 1.29 is 29.0 Å². The lowest BCUT2D eigenvalue weighted by atomic mass is 9.70. The van der Waals surface area contributed by atoms with Crippen molar-refractivity contribution in [1.29, 1.82) is 0 Å². The third-order valence-electron chi connectivity index (χ3n) is 4.84. The molecule has 0 aromatic heterocycles. The van der Waals surface area contributed by atoms with Gasteiger partial charge < -0.3 is 14.6 Å². The highest BCUT2D eigenvalue weighted by Crippen LogP contribution is 2.64. The van der Waals surface area contributed by atoms with E-state index < -0.39 is 47.0 Å². The lowest BCUT2D eigenvalue weighted by Crippen LogP contribution is -2.49. The maximum atomic E-state index is 12.0. The van der Waals surface area contributed by atoms with Gasteiger partial charge in [0.05, 0.1) is 17.3 Å². The van der Waals surface area contributed by atoms with Gasteiger partial charge in [0, 0.05) is 5.92 Å². The van der Waals surface area contributed by atoms with Crippen LogP contribution in [0.25, 0.3) is 0 Å². The molecule has 5 unspecified atom stereocenters. The number of aldehydes is 1. The molecule has 2 bridgehead atoms. The number of carboxylic acid groups (broad SMARTS) is 1. The van der Waals surface area contributed by atoms with Crippen molar-refractivity contribution in [2.24, 2.45) is 29.1 Å². The van der Waals surface area contributed by atoms with Crippen molar-refractivity contribution in [3.8, 4) is 0 Å². The molecule has 96 valence electrons. The molecule has 3 rings (SSSR count). The highest BCUT2D eigenvalue weighted by Gasteiger charge is 2.71. The summed E-state index contributed by atoms with van der Waals surface area (Å²) in [6.45, 7) is 0. The summed E-state index contributed by atoms with van der Waals surface area (Å²) >= 11 is 0. The van der Waals surface area contributed by atoms with E-state index in [0.717, 1.165) is 0 Å². The molecular formula is C12H12O6. The zero-order valence-electron chi connectivity index (χ0n) is 9.50. The Morgan fingerprint density at radius 3 is 2.78 bits per heavy atom. The molecule has 0 amide bonds. The number of hydrogen-bond donors (Lipinski definition) is 1. The molecule has 2 aliphatic carbocycles. The van der Waals surface area contributed by atoms with Crippen LogP contribution >= 0.6 is 0 Å². The number of esters is 2. The Hall–Kier alpha value is -1.72. The molecule has 1 heterocycles. The molecule has 1 N–H and O–H groups in total. The van der Waals surface area contributed by atoms with E-state index in [1.165, 1.54) is 0 Å². The molecular weight excluding hydrogens is 240 g/mol. The second kappa shape index (κ2) is 3.40. The zero-order chi connectivity index (χ0) is 13.1. The second-order valence-corrected chi connectivity index (χ2v) is 5.35. The Bertz CT molecular complexity index is 469. The van der Waals surface area contributed by atoms with Crippen molar-refractivity contribution >= 4 is 24.2 Å². The van der Waals surface area contributed by atoms with E-state index in [9.17, 15) is 24.3 Å². The first-order valence-corrected chi connectivity index (χ1v) is 5.96. The molecule has 0 aromatic rings. The average molecular weight is 252 g/mol. The third kappa shape index (κ3) is 1.08. The lowest BCUT2D eigenvalue weighted by Gasteiger charge is -2.35. The van der Waals surface area contributed by atoms with E-state index in [4.69, 9.17) is 4.74 Å². The van der Waals surface area contributed by atoms with Crippen LogP contribution < -0.4 is 0 Å². The standard InChI is InChI=1S/C12H12O6/c13-4-5-3-7(9(14)15)12-2-1-6(8(5)12)10(16)18-11(12)17/h4-8H,1-3H2,(H,14,15). The molecule has 6 nitrogen and oxygen atoms in total. The van der Waals surface area contributed by atoms with Gasteiger partial charge in [-0.2, -0.15) is 0 Å². The van der Waals surface area contributed by atoms with Crippen LogP contribution in [-0.2, 0) is 23.9 Å². The summed E-state index contributed by atoms with van der Waals surface area (Å²) in [5, 5.41) is 9.26. The Kier molecular flexibility index (Phi) is 2.15. The minimum atomic E-state index is -1.16. The molecule has 2 saturated carbocycles. The van der Waals surface area contributed by atoms with Crippen molar-refractivity contribution in [2.45, 2.75) is 19.3 Å². The van der Waals surface area contributed by atoms with Crippen LogP contribution in [0.1, 0.15) is 19.3 Å². The van der Waals surface area contributed by atoms with Crippen LogP contribution in [0, 0.1) is 29.1 Å². The number of ether oxygens (including phenoxy) is 1. The number of hydrogen-bond acceptors (Lipinski definition) is 5. The summed E-state index contributed by atoms with van der Waals surface area (Å²) in [4.78, 5) is 46.1. The SMILES string of the molecule is O=CC1CC(C(=O)O)C23CCC(C(=O)OC2=O)C13. The minimum Gasteiger partial charge on any atom is -0.481 e. The first-order chi connectivity index (χ1) is 8.52. The number of rotatable bonds is 2. The fraction of sp³-hybridized carbons (Fsp3) is 0.667. The quantitative estimate of drug-likeness (QED) is 0.422. The van der Waals surface area contributed by atoms with Crippen LogP contribution in [-0.4, -0.2) is 29.3 Å². The average Bonchev–Trinajstić information content (AvgIpc) is 2.79. The third-order valence-corrected chi connectivity index (χ3v) is 4.84. The van der Waals surface area contributed by atoms with Crippen molar-refractivity contribution in [3.63, 3.8) is 0 Å². The summed E-state index contributed by atoms with van der Waals surface area (Å²) < 4.78 is 4.69. The maximum Gasteiger partial charge on any atom is 0.320 e. The highest BCUT2D eigenvalue weighted by molar-refractivity contribution is 5.98. The molecule has 0 spiro atoms. The van der Waals surface area contributed by atoms with E-state index in [1.807, 2.05) is 0 Å². The molecule has 3 aliphatic rings. The number of carbonyl (C=O) groups is 4. The monoisotopic (exact) mass is 252 g/mol. The molecule has 5 atom stereocenters. The fourth-order valence-corrected chi connectivity index (χ4v) is 4.18. The number of carboxylic acids is 1. The smallest absolute Gasteiger partial charge is 0.320 e. The number of cyclic esters (lactones) is 2. The first-order valence-electron chi connectivity index (χ1n) is 5.96. The van der Waals surface area contributed by atoms with Gasteiger partial charge in [-0.3, -0.25) is 14.4 Å². The van der Waals surface area contributed by atoms with Gasteiger partial charge in [-0.05, 0) is 25.2 Å². The van der Waals surface area contributed by atoms with Crippen LogP contribution in [0.2, 0.25) is 0 Å². The summed E-state index contributed by atoms with van der Waals surface area (Å²) in [7, 11) is 0. The highest BCUT2D eigenvalue weighted by atomic mass is 16.6. The van der Waals surface area contributed by atoms with Gasteiger partial charge in [0.25, 0.3) is 0 Å². The Morgan fingerprint density at radius 1 is 1.44 bits per heavy atom. The summed E-state index contributed by atoms with van der Waals surface area (Å²) in [5.74, 6) is -4.86. The van der Waals surface area contributed by atoms with Crippen LogP contribution in [0.4, 0.5) is 0 Å². The number of aliphatic carboxylic acids is 1. The number of carbonyl (C=O) groups excluding carboxylic acids is 3. The largest absolute Gasteiger partial charge is 0.481 e. The normalized spacial score (nSPS) is 45.6. The summed E-state index contributed by atoms with van der Waals surface area (Å²) in [5.41, 5.74) is -1.16. The molecule has 18 heavy (non-hydrogen) atoms. The zero-order valence-corrected chi connectivity index (χ0v) is 9.50. The predicted octanol–water partition coefficient (Wildman–Crippen LogP) is 0.00200. The molecule has 1 aliphatic heterocycles. The van der Waals surface area contributed by atoms with Crippen LogP contribution in [0.15, 0.2) is 0 Å². The lowest BCUT2D eigenvalue weighted by molar-refractivity contribution is -0.184. The van der Waals surface area contributed by atoms with E-state index >= 15 is 0 Å². The van der Waals surface area contributed by atoms with Gasteiger partial charge in [-0.25, -0.2) is 0 Å². The maximum absolute atomic E-state index is 12.0. The molecule has 3 fully saturated rings. The first kappa shape index (κ1) is 11.4. The van der Waals surface area contributed by atoms with Gasteiger partial charge in [0.15, 0.2) is 0 Å². The Labute approximate surface area is 102 Å². The second-order valence-electron chi connectivity index (χ2n) is 5.35. The molecule has 0 radical (unpaired) electrons. The Balaban J connectivity index is 2.13. The van der Waals surface area contributed by atoms with Crippen molar-refractivity contribution in [1.82, 2.24) is 0 Å². The van der Waals surface area contributed by atoms with Crippen molar-refractivity contribution in [2.75, 3.05) is 0 Å². The summed E-state index contributed by atoms with van der Waals surface area (Å²) in [6.07, 6.45) is 1.58. The van der Waals surface area contributed by atoms with Crippen molar-refractivity contribution in [3.05, 3.63) is 0 Å². The Morgan fingerprint density at radius 2 is 2.17 bits per heavy atom. The van der Waals surface area contributed by atoms with E-state index in [2.05, 4.69) is 0 Å². The van der Waals surface area contributed by atoms with Gasteiger partial charge in [0.2, 0.25) is 0 Å². The van der Waals surface area contributed by atoms with E-state index in [0.29, 0.717) is 19.1 Å². The van der Waals surface area contributed by atoms with E-state index in [1.54, 1.807) is 0 Å². The van der Waals surface area contributed by atoms with Crippen LogP contribution in [0.3, 0.4) is 0 Å².